The molecule has 0 unspecified atom stereocenters. The molecular weight excluding hydrogens is 176 g/mol. The second-order valence-electron chi connectivity index (χ2n) is 2.17. The number of aliphatic hydroxyl groups is 1. The summed E-state index contributed by atoms with van der Waals surface area (Å²) in [6, 6.07) is 3.48. The third-order valence-electron chi connectivity index (χ3n) is 1.32. The summed E-state index contributed by atoms with van der Waals surface area (Å²) in [5.74, 6) is -0.583. The molecule has 0 saturated carbocycles. The Kier molecular flexibility index (Phi) is 3.25. The van der Waals surface area contributed by atoms with Crippen LogP contribution in [0, 0.1) is 0 Å². The fraction of sp³-hybridized carbons (Fsp3) is 0.375. The number of aliphatic hydroxyl groups excluding tert-OH is 1. The average molecular weight is 186 g/mol. The van der Waals surface area contributed by atoms with Crippen LogP contribution in [0.25, 0.3) is 0 Å². The smallest absolute Gasteiger partial charge is 0.340 e. The largest absolute Gasteiger partial charge is 0.464 e. The van der Waals surface area contributed by atoms with Gasteiger partial charge in [-0.3, -0.25) is 0 Å². The molecule has 3 nitrogen and oxygen atoms in total. The highest BCUT2D eigenvalue weighted by Crippen LogP contribution is 2.19. The van der Waals surface area contributed by atoms with E-state index >= 15 is 0 Å². The van der Waals surface area contributed by atoms with Gasteiger partial charge in [0, 0.05) is 4.88 Å². The van der Waals surface area contributed by atoms with Crippen LogP contribution in [0.2, 0.25) is 0 Å². The molecule has 0 amide bonds. The number of carbonyl (C=O) groups excluding carboxylic acids is 1. The van der Waals surface area contributed by atoms with Gasteiger partial charge >= 0.3 is 5.97 Å². The van der Waals surface area contributed by atoms with Gasteiger partial charge in [-0.05, 0) is 18.4 Å². The zero-order valence-electron chi connectivity index (χ0n) is 6.69. The normalized spacial score (nSPS) is 12.5. The van der Waals surface area contributed by atoms with E-state index in [4.69, 9.17) is 0 Å². The number of hydrogen-bond donors (Lipinski definition) is 1. The summed E-state index contributed by atoms with van der Waals surface area (Å²) in [4.78, 5) is 11.6. The molecule has 0 fully saturated rings. The molecule has 1 N–H and O–H groups in total. The first-order chi connectivity index (χ1) is 5.75. The van der Waals surface area contributed by atoms with Gasteiger partial charge in [-0.15, -0.1) is 11.3 Å². The zero-order valence-corrected chi connectivity index (χ0v) is 7.50. The maximum absolute atomic E-state index is 11.0. The molecule has 1 atom stereocenters. The zero-order chi connectivity index (χ0) is 8.97. The minimum absolute atomic E-state index is 0.293. The molecule has 0 aliphatic rings. The van der Waals surface area contributed by atoms with Crippen LogP contribution in [0.1, 0.15) is 17.9 Å². The van der Waals surface area contributed by atoms with E-state index in [9.17, 15) is 9.90 Å². The van der Waals surface area contributed by atoms with E-state index in [1.807, 2.05) is 0 Å². The second-order valence-corrected chi connectivity index (χ2v) is 3.15. The summed E-state index contributed by atoms with van der Waals surface area (Å²) >= 11 is 1.33. The van der Waals surface area contributed by atoms with Crippen molar-refractivity contribution in [3.63, 3.8) is 0 Å². The fourth-order valence-electron chi connectivity index (χ4n) is 0.784. The first kappa shape index (κ1) is 9.22. The minimum atomic E-state index is -1.12. The van der Waals surface area contributed by atoms with Gasteiger partial charge in [0.05, 0.1) is 6.61 Å². The number of rotatable bonds is 3. The highest BCUT2D eigenvalue weighted by atomic mass is 32.1. The van der Waals surface area contributed by atoms with Crippen LogP contribution in [-0.4, -0.2) is 17.7 Å². The second kappa shape index (κ2) is 4.23. The maximum atomic E-state index is 11.0. The van der Waals surface area contributed by atoms with Gasteiger partial charge in [0.15, 0.2) is 6.10 Å². The predicted octanol–water partition coefficient (Wildman–Crippen LogP) is 1.34. The number of carbonyl (C=O) groups is 1. The van der Waals surface area contributed by atoms with Crippen molar-refractivity contribution in [2.45, 2.75) is 13.0 Å². The van der Waals surface area contributed by atoms with Gasteiger partial charge in [0.25, 0.3) is 0 Å². The SMILES string of the molecule is CCOC(=O)[C@@H](O)c1cccs1. The summed E-state index contributed by atoms with van der Waals surface area (Å²) in [6.07, 6.45) is -1.12. The minimum Gasteiger partial charge on any atom is -0.464 e. The molecule has 0 aliphatic heterocycles. The van der Waals surface area contributed by atoms with Crippen molar-refractivity contribution in [1.82, 2.24) is 0 Å². The van der Waals surface area contributed by atoms with Crippen molar-refractivity contribution in [1.29, 1.82) is 0 Å². The lowest BCUT2D eigenvalue weighted by molar-refractivity contribution is -0.153. The third-order valence-corrected chi connectivity index (χ3v) is 2.25. The Hall–Kier alpha value is -0.870. The number of esters is 1. The lowest BCUT2D eigenvalue weighted by Crippen LogP contribution is -2.14. The van der Waals surface area contributed by atoms with Crippen molar-refractivity contribution >= 4 is 17.3 Å². The number of hydrogen-bond acceptors (Lipinski definition) is 4. The Balaban J connectivity index is 2.59. The Morgan fingerprint density at radius 2 is 2.58 bits per heavy atom. The maximum Gasteiger partial charge on any atom is 0.340 e. The molecule has 1 rings (SSSR count). The van der Waals surface area contributed by atoms with Gasteiger partial charge < -0.3 is 9.84 Å². The van der Waals surface area contributed by atoms with Crippen LogP contribution < -0.4 is 0 Å². The van der Waals surface area contributed by atoms with Crippen molar-refractivity contribution in [3.8, 4) is 0 Å². The van der Waals surface area contributed by atoms with Crippen LogP contribution in [0.3, 0.4) is 0 Å². The molecule has 0 radical (unpaired) electrons. The van der Waals surface area contributed by atoms with Crippen molar-refractivity contribution in [2.75, 3.05) is 6.61 Å². The summed E-state index contributed by atoms with van der Waals surface area (Å²) in [6.45, 7) is 2.00. The monoisotopic (exact) mass is 186 g/mol. The Bertz CT molecular complexity index is 243. The fourth-order valence-corrected chi connectivity index (χ4v) is 1.48. The van der Waals surface area contributed by atoms with Crippen molar-refractivity contribution < 1.29 is 14.6 Å². The molecule has 12 heavy (non-hydrogen) atoms. The molecule has 1 aromatic rings. The molecule has 0 bridgehead atoms. The average Bonchev–Trinajstić information content (AvgIpc) is 2.55. The van der Waals surface area contributed by atoms with E-state index in [1.54, 1.807) is 24.4 Å². The van der Waals surface area contributed by atoms with Crippen LogP contribution in [0.15, 0.2) is 17.5 Å². The molecule has 0 aliphatic carbocycles. The molecule has 0 spiro atoms. The lowest BCUT2D eigenvalue weighted by Gasteiger charge is -2.06. The summed E-state index contributed by atoms with van der Waals surface area (Å²) < 4.78 is 4.65. The van der Waals surface area contributed by atoms with E-state index in [1.165, 1.54) is 11.3 Å². The standard InChI is InChI=1S/C8H10O3S/c1-2-11-8(10)7(9)6-4-3-5-12-6/h3-5,7,9H,2H2,1H3/t7-/m0/s1. The number of thiophene rings is 1. The van der Waals surface area contributed by atoms with E-state index in [0.29, 0.717) is 11.5 Å². The van der Waals surface area contributed by atoms with E-state index in [2.05, 4.69) is 4.74 Å². The molecular formula is C8H10O3S. The first-order valence-electron chi connectivity index (χ1n) is 3.63. The summed E-state index contributed by atoms with van der Waals surface area (Å²) in [5, 5.41) is 11.1. The van der Waals surface area contributed by atoms with Crippen LogP contribution in [-0.2, 0) is 9.53 Å². The van der Waals surface area contributed by atoms with Gasteiger partial charge in [-0.2, -0.15) is 0 Å². The van der Waals surface area contributed by atoms with E-state index in [0.717, 1.165) is 0 Å². The van der Waals surface area contributed by atoms with Gasteiger partial charge in [-0.25, -0.2) is 4.79 Å². The highest BCUT2D eigenvalue weighted by Gasteiger charge is 2.18. The quantitative estimate of drug-likeness (QED) is 0.725. The van der Waals surface area contributed by atoms with Gasteiger partial charge in [0.1, 0.15) is 0 Å². The number of ether oxygens (including phenoxy) is 1. The Morgan fingerprint density at radius 1 is 1.83 bits per heavy atom. The molecule has 0 saturated heterocycles. The van der Waals surface area contributed by atoms with Crippen LogP contribution in [0.5, 0.6) is 0 Å². The van der Waals surface area contributed by atoms with Crippen LogP contribution >= 0.6 is 11.3 Å². The van der Waals surface area contributed by atoms with Crippen molar-refractivity contribution in [3.05, 3.63) is 22.4 Å². The molecule has 4 heteroatoms. The summed E-state index contributed by atoms with van der Waals surface area (Å²) in [5.41, 5.74) is 0. The lowest BCUT2D eigenvalue weighted by atomic mass is 10.3. The van der Waals surface area contributed by atoms with E-state index < -0.39 is 12.1 Å². The van der Waals surface area contributed by atoms with Gasteiger partial charge in [0.2, 0.25) is 0 Å². The molecule has 1 heterocycles. The van der Waals surface area contributed by atoms with Crippen molar-refractivity contribution in [2.24, 2.45) is 0 Å². The molecule has 0 aromatic carbocycles. The Morgan fingerprint density at radius 3 is 3.08 bits per heavy atom. The van der Waals surface area contributed by atoms with Crippen LogP contribution in [0.4, 0.5) is 0 Å². The van der Waals surface area contributed by atoms with Gasteiger partial charge in [-0.1, -0.05) is 6.07 Å². The molecule has 1 aromatic heterocycles. The van der Waals surface area contributed by atoms with E-state index in [-0.39, 0.29) is 0 Å². The summed E-state index contributed by atoms with van der Waals surface area (Å²) in [7, 11) is 0. The molecule has 66 valence electrons. The Labute approximate surface area is 74.6 Å². The first-order valence-corrected chi connectivity index (χ1v) is 4.51. The predicted molar refractivity (Wildman–Crippen MR) is 45.9 cm³/mol. The topological polar surface area (TPSA) is 46.5 Å². The highest BCUT2D eigenvalue weighted by molar-refractivity contribution is 7.10. The third kappa shape index (κ3) is 2.06.